The largest absolute Gasteiger partial charge is 0.366 e. The van der Waals surface area contributed by atoms with Crippen molar-refractivity contribution in [3.63, 3.8) is 0 Å². The first-order valence-corrected chi connectivity index (χ1v) is 10.3. The van der Waals surface area contributed by atoms with E-state index in [1.807, 2.05) is 4.90 Å². The van der Waals surface area contributed by atoms with Gasteiger partial charge in [-0.25, -0.2) is 0 Å². The van der Waals surface area contributed by atoms with Crippen molar-refractivity contribution in [1.29, 1.82) is 0 Å². The van der Waals surface area contributed by atoms with Gasteiger partial charge < -0.3 is 4.90 Å². The number of hydrogen-bond acceptors (Lipinski definition) is 6. The van der Waals surface area contributed by atoms with E-state index in [4.69, 9.17) is 23.8 Å². The molecule has 2 saturated heterocycles. The monoisotopic (exact) mass is 456 g/mol. The SMILES string of the molecule is O=C1NC(=S)N(c2ccc(Cl)cc2)C(=O)C1=Cc1ccc(N2CCCC2)c([N+](=O)[O-])c1. The van der Waals surface area contributed by atoms with Crippen LogP contribution in [0.1, 0.15) is 18.4 Å². The van der Waals surface area contributed by atoms with E-state index in [2.05, 4.69) is 5.32 Å². The van der Waals surface area contributed by atoms with E-state index in [1.54, 1.807) is 36.4 Å². The van der Waals surface area contributed by atoms with Crippen molar-refractivity contribution in [2.45, 2.75) is 12.8 Å². The quantitative estimate of drug-likeness (QED) is 0.248. The molecule has 0 spiro atoms. The number of nitrogens with zero attached hydrogens (tertiary/aromatic N) is 3. The Bertz CT molecular complexity index is 1130. The van der Waals surface area contributed by atoms with Gasteiger partial charge in [0.25, 0.3) is 17.5 Å². The third kappa shape index (κ3) is 4.14. The number of nitro benzene ring substituents is 1. The summed E-state index contributed by atoms with van der Waals surface area (Å²) in [7, 11) is 0. The highest BCUT2D eigenvalue weighted by atomic mass is 35.5. The summed E-state index contributed by atoms with van der Waals surface area (Å²) in [5.74, 6) is -1.28. The molecular weight excluding hydrogens is 440 g/mol. The second kappa shape index (κ2) is 8.44. The molecule has 2 fully saturated rings. The number of halogens is 1. The average molecular weight is 457 g/mol. The third-order valence-corrected chi connectivity index (χ3v) is 5.68. The van der Waals surface area contributed by atoms with Gasteiger partial charge in [0.15, 0.2) is 5.11 Å². The lowest BCUT2D eigenvalue weighted by Crippen LogP contribution is -2.54. The molecule has 0 aliphatic carbocycles. The number of anilines is 2. The van der Waals surface area contributed by atoms with Crippen LogP contribution in [0.5, 0.6) is 0 Å². The highest BCUT2D eigenvalue weighted by molar-refractivity contribution is 7.80. The maximum absolute atomic E-state index is 13.1. The average Bonchev–Trinajstić information content (AvgIpc) is 3.27. The van der Waals surface area contributed by atoms with E-state index in [0.717, 1.165) is 25.9 Å². The fraction of sp³-hybridized carbons (Fsp3) is 0.190. The van der Waals surface area contributed by atoms with Crippen molar-refractivity contribution >= 4 is 63.9 Å². The molecule has 2 aromatic carbocycles. The van der Waals surface area contributed by atoms with E-state index >= 15 is 0 Å². The topological polar surface area (TPSA) is 95.8 Å². The van der Waals surface area contributed by atoms with Crippen molar-refractivity contribution in [3.05, 3.63) is 68.7 Å². The van der Waals surface area contributed by atoms with Crippen LogP contribution < -0.4 is 15.1 Å². The van der Waals surface area contributed by atoms with Crippen LogP contribution in [-0.4, -0.2) is 34.9 Å². The second-order valence-electron chi connectivity index (χ2n) is 7.13. The number of thiocarbonyl (C=S) groups is 1. The first-order chi connectivity index (χ1) is 14.8. The Labute approximate surface area is 188 Å². The first kappa shape index (κ1) is 21.0. The summed E-state index contributed by atoms with van der Waals surface area (Å²) in [5.41, 5.74) is 1.11. The van der Waals surface area contributed by atoms with Crippen LogP contribution in [0.4, 0.5) is 17.1 Å². The Morgan fingerprint density at radius 2 is 1.77 bits per heavy atom. The molecule has 2 aromatic rings. The maximum atomic E-state index is 13.1. The van der Waals surface area contributed by atoms with Crippen molar-refractivity contribution in [2.24, 2.45) is 0 Å². The summed E-state index contributed by atoms with van der Waals surface area (Å²) in [6, 6.07) is 11.1. The van der Waals surface area contributed by atoms with Gasteiger partial charge in [-0.3, -0.25) is 29.9 Å². The number of amides is 2. The van der Waals surface area contributed by atoms with Gasteiger partial charge in [-0.05, 0) is 67.0 Å². The molecule has 8 nitrogen and oxygen atoms in total. The summed E-state index contributed by atoms with van der Waals surface area (Å²) >= 11 is 11.1. The van der Waals surface area contributed by atoms with Crippen LogP contribution in [0.25, 0.3) is 6.08 Å². The fourth-order valence-electron chi connectivity index (χ4n) is 3.65. The summed E-state index contributed by atoms with van der Waals surface area (Å²) in [6.45, 7) is 1.52. The van der Waals surface area contributed by atoms with Crippen LogP contribution in [0.2, 0.25) is 5.02 Å². The number of benzene rings is 2. The first-order valence-electron chi connectivity index (χ1n) is 9.55. The molecule has 2 heterocycles. The number of nitrogens with one attached hydrogen (secondary N) is 1. The van der Waals surface area contributed by atoms with E-state index in [0.29, 0.717) is 22.0 Å². The Morgan fingerprint density at radius 1 is 1.10 bits per heavy atom. The van der Waals surface area contributed by atoms with Crippen LogP contribution in [0.3, 0.4) is 0 Å². The number of rotatable bonds is 4. The Balaban J connectivity index is 1.71. The number of carbonyl (C=O) groups excluding carboxylic acids is 2. The fourth-order valence-corrected chi connectivity index (χ4v) is 4.06. The Hall–Kier alpha value is -3.30. The number of carbonyl (C=O) groups is 2. The van der Waals surface area contributed by atoms with Gasteiger partial charge in [0.05, 0.1) is 10.6 Å². The van der Waals surface area contributed by atoms with Crippen molar-refractivity contribution in [3.8, 4) is 0 Å². The molecule has 10 heteroatoms. The van der Waals surface area contributed by atoms with E-state index in [-0.39, 0.29) is 16.4 Å². The summed E-state index contributed by atoms with van der Waals surface area (Å²) in [5, 5.41) is 14.6. The number of nitro groups is 1. The van der Waals surface area contributed by atoms with Gasteiger partial charge in [-0.1, -0.05) is 17.7 Å². The smallest absolute Gasteiger partial charge is 0.293 e. The molecule has 1 N–H and O–H groups in total. The minimum absolute atomic E-state index is 0.0511. The lowest BCUT2D eigenvalue weighted by atomic mass is 10.1. The summed E-state index contributed by atoms with van der Waals surface area (Å²) < 4.78 is 0. The Morgan fingerprint density at radius 3 is 2.42 bits per heavy atom. The van der Waals surface area contributed by atoms with Crippen molar-refractivity contribution in [2.75, 3.05) is 22.9 Å². The minimum atomic E-state index is -0.661. The molecule has 0 radical (unpaired) electrons. The zero-order valence-electron chi connectivity index (χ0n) is 16.2. The lowest BCUT2D eigenvalue weighted by Gasteiger charge is -2.29. The molecule has 0 aromatic heterocycles. The maximum Gasteiger partial charge on any atom is 0.293 e. The van der Waals surface area contributed by atoms with Gasteiger partial charge in [0.2, 0.25) is 0 Å². The summed E-state index contributed by atoms with van der Waals surface area (Å²) in [6.07, 6.45) is 3.30. The molecule has 0 unspecified atom stereocenters. The molecule has 4 rings (SSSR count). The standard InChI is InChI=1S/C21H17ClN4O4S/c22-14-4-6-15(7-5-14)25-20(28)16(19(27)23-21(25)31)11-13-3-8-17(18(12-13)26(29)30)24-9-1-2-10-24/h3-8,11-12H,1-2,9-10H2,(H,23,27,31). The van der Waals surface area contributed by atoms with Gasteiger partial charge in [-0.15, -0.1) is 0 Å². The van der Waals surface area contributed by atoms with Gasteiger partial charge >= 0.3 is 0 Å². The second-order valence-corrected chi connectivity index (χ2v) is 7.96. The molecule has 158 valence electrons. The normalized spacial score (nSPS) is 18.0. The third-order valence-electron chi connectivity index (χ3n) is 5.14. The van der Waals surface area contributed by atoms with Gasteiger partial charge in [0, 0.05) is 24.2 Å². The van der Waals surface area contributed by atoms with E-state index < -0.39 is 16.7 Å². The predicted octanol–water partition coefficient (Wildman–Crippen LogP) is 3.68. The van der Waals surface area contributed by atoms with Crippen LogP contribution in [-0.2, 0) is 9.59 Å². The molecule has 2 aliphatic rings. The molecule has 0 atom stereocenters. The zero-order valence-corrected chi connectivity index (χ0v) is 17.8. The van der Waals surface area contributed by atoms with Crippen LogP contribution >= 0.6 is 23.8 Å². The highest BCUT2D eigenvalue weighted by Crippen LogP contribution is 2.32. The highest BCUT2D eigenvalue weighted by Gasteiger charge is 2.34. The lowest BCUT2D eigenvalue weighted by molar-refractivity contribution is -0.384. The number of hydrogen-bond donors (Lipinski definition) is 1. The molecule has 0 saturated carbocycles. The van der Waals surface area contributed by atoms with Crippen LogP contribution in [0, 0.1) is 10.1 Å². The van der Waals surface area contributed by atoms with Crippen LogP contribution in [0.15, 0.2) is 48.0 Å². The van der Waals surface area contributed by atoms with Crippen molar-refractivity contribution in [1.82, 2.24) is 5.32 Å². The predicted molar refractivity (Wildman–Crippen MR) is 122 cm³/mol. The molecule has 31 heavy (non-hydrogen) atoms. The van der Waals surface area contributed by atoms with E-state index in [1.165, 1.54) is 17.0 Å². The van der Waals surface area contributed by atoms with Gasteiger partial charge in [-0.2, -0.15) is 0 Å². The molecular formula is C21H17ClN4O4S. The Kier molecular flexibility index (Phi) is 5.71. The molecule has 2 amide bonds. The van der Waals surface area contributed by atoms with E-state index in [9.17, 15) is 19.7 Å². The molecule has 2 aliphatic heterocycles. The minimum Gasteiger partial charge on any atom is -0.366 e. The molecule has 0 bridgehead atoms. The summed E-state index contributed by atoms with van der Waals surface area (Å²) in [4.78, 5) is 39.9. The zero-order chi connectivity index (χ0) is 22.1. The van der Waals surface area contributed by atoms with Gasteiger partial charge in [0.1, 0.15) is 11.3 Å². The van der Waals surface area contributed by atoms with Crippen molar-refractivity contribution < 1.29 is 14.5 Å².